The summed E-state index contributed by atoms with van der Waals surface area (Å²) in [7, 11) is 5.11. The van der Waals surface area contributed by atoms with Gasteiger partial charge in [-0.3, -0.25) is 34.0 Å². The van der Waals surface area contributed by atoms with Gasteiger partial charge in [-0.15, -0.1) is 0 Å². The molecule has 1 aliphatic carbocycles. The summed E-state index contributed by atoms with van der Waals surface area (Å²) in [6.45, 7) is 5.80. The molecule has 3 fully saturated rings. The van der Waals surface area contributed by atoms with Gasteiger partial charge in [-0.05, 0) is 106 Å². The standard InChI is InChI=1S/C31H36FN5O5.C11H8N2O.C7H15N/c1-33-29(40)28(3-2-16-38)37-30(41)24-6-5-23(18-25(24)31(37)42)35-14-12-34(13-15-35)19-21-8-10-36(11-9-21)27-7-4-22(20-39)17-26(27)32;1-14-10-5-4-8(7-12)11-9(10)3-2-6-13-11;1-8-7-5-3-2-4-6-7/h4-7,16-18,20-21,28H,2-3,8-15,19H2,1H3,(H,33,40);2-6H,1H3;7-8H,2-6H2,1H3. The van der Waals surface area contributed by atoms with E-state index in [1.54, 1.807) is 49.7 Å². The summed E-state index contributed by atoms with van der Waals surface area (Å²) in [6.07, 6.45) is 12.2. The Morgan fingerprint density at radius 2 is 1.64 bits per heavy atom. The number of ether oxygens (including phenoxy) is 1. The van der Waals surface area contributed by atoms with Crippen molar-refractivity contribution in [3.63, 3.8) is 0 Å². The van der Waals surface area contributed by atoms with E-state index in [0.717, 1.165) is 86.4 Å². The number of hydrogen-bond acceptors (Lipinski definition) is 12. The molecule has 338 valence electrons. The van der Waals surface area contributed by atoms with Gasteiger partial charge in [0.15, 0.2) is 0 Å². The molecule has 8 rings (SSSR count). The van der Waals surface area contributed by atoms with E-state index in [1.807, 2.05) is 18.2 Å². The number of carbonyl (C=O) groups is 5. The lowest BCUT2D eigenvalue weighted by Crippen LogP contribution is -2.49. The van der Waals surface area contributed by atoms with Crippen molar-refractivity contribution in [2.24, 2.45) is 5.92 Å². The maximum Gasteiger partial charge on any atom is 0.262 e. The summed E-state index contributed by atoms with van der Waals surface area (Å²) in [5.74, 6) is -0.602. The molecule has 2 N–H and O–H groups in total. The van der Waals surface area contributed by atoms with E-state index in [9.17, 15) is 28.4 Å². The van der Waals surface area contributed by atoms with Gasteiger partial charge in [0.25, 0.3) is 11.8 Å². The second-order valence-electron chi connectivity index (χ2n) is 16.6. The van der Waals surface area contributed by atoms with Crippen molar-refractivity contribution in [2.75, 3.05) is 76.8 Å². The number of aldehydes is 2. The molecule has 1 aromatic heterocycles. The van der Waals surface area contributed by atoms with Gasteiger partial charge in [0.2, 0.25) is 5.91 Å². The van der Waals surface area contributed by atoms with E-state index < -0.39 is 23.8 Å². The molecule has 4 heterocycles. The molecule has 2 saturated heterocycles. The Labute approximate surface area is 374 Å². The Morgan fingerprint density at radius 3 is 2.27 bits per heavy atom. The molecule has 0 spiro atoms. The molecule has 3 aromatic carbocycles. The quantitative estimate of drug-likeness (QED) is 0.126. The summed E-state index contributed by atoms with van der Waals surface area (Å²) in [5.41, 5.74) is 3.56. The molecule has 0 bridgehead atoms. The predicted molar refractivity (Wildman–Crippen MR) is 244 cm³/mol. The van der Waals surface area contributed by atoms with Crippen LogP contribution in [0.15, 0.2) is 66.9 Å². The Morgan fingerprint density at radius 1 is 0.906 bits per heavy atom. The van der Waals surface area contributed by atoms with Crippen LogP contribution in [0.4, 0.5) is 15.8 Å². The summed E-state index contributed by atoms with van der Waals surface area (Å²) in [5, 5.41) is 15.5. The van der Waals surface area contributed by atoms with Gasteiger partial charge in [-0.25, -0.2) is 4.39 Å². The molecule has 1 atom stereocenters. The number of anilines is 2. The molecule has 4 aliphatic rings. The molecule has 64 heavy (non-hydrogen) atoms. The lowest BCUT2D eigenvalue weighted by atomic mass is 9.95. The first-order chi connectivity index (χ1) is 31.1. The van der Waals surface area contributed by atoms with E-state index >= 15 is 0 Å². The molecule has 3 aliphatic heterocycles. The van der Waals surface area contributed by atoms with Crippen molar-refractivity contribution in [2.45, 2.75) is 69.9 Å². The number of benzene rings is 3. The minimum absolute atomic E-state index is 0.0644. The molecule has 15 heteroatoms. The Kier molecular flexibility index (Phi) is 16.9. The number of methoxy groups -OCH3 is 1. The first kappa shape index (κ1) is 47.2. The summed E-state index contributed by atoms with van der Waals surface area (Å²) in [4.78, 5) is 72.4. The number of piperazine rings is 1. The van der Waals surface area contributed by atoms with Gasteiger partial charge in [-0.1, -0.05) is 19.3 Å². The third-order valence-corrected chi connectivity index (χ3v) is 12.7. The van der Waals surface area contributed by atoms with Crippen molar-refractivity contribution in [3.8, 4) is 11.8 Å². The fourth-order valence-electron chi connectivity index (χ4n) is 9.07. The summed E-state index contributed by atoms with van der Waals surface area (Å²) in [6, 6.07) is 19.0. The Bertz CT molecular complexity index is 2310. The molecule has 0 radical (unpaired) electrons. The van der Waals surface area contributed by atoms with Gasteiger partial charge in [-0.2, -0.15) is 5.26 Å². The monoisotopic (exact) mass is 874 g/mol. The van der Waals surface area contributed by atoms with Crippen molar-refractivity contribution in [3.05, 3.63) is 94.9 Å². The average Bonchev–Trinajstić information content (AvgIpc) is 3.59. The maximum atomic E-state index is 14.4. The fraction of sp³-hybridized carbons (Fsp3) is 0.449. The number of nitriles is 1. The van der Waals surface area contributed by atoms with Crippen molar-refractivity contribution < 1.29 is 33.1 Å². The van der Waals surface area contributed by atoms with Crippen LogP contribution in [0.25, 0.3) is 10.9 Å². The highest BCUT2D eigenvalue weighted by molar-refractivity contribution is 6.23. The second kappa shape index (κ2) is 22.9. The number of fused-ring (bicyclic) bond motifs is 2. The molecule has 3 amide bonds. The topological polar surface area (TPSA) is 168 Å². The molecule has 4 aromatic rings. The molecular formula is C49H59FN8O6. The van der Waals surface area contributed by atoms with Crippen molar-refractivity contribution >= 4 is 52.6 Å². The van der Waals surface area contributed by atoms with Gasteiger partial charge >= 0.3 is 0 Å². The third-order valence-electron chi connectivity index (χ3n) is 12.7. The lowest BCUT2D eigenvalue weighted by Gasteiger charge is -2.40. The van der Waals surface area contributed by atoms with Crippen LogP contribution < -0.4 is 25.2 Å². The first-order valence-corrected chi connectivity index (χ1v) is 22.3. The normalized spacial score (nSPS) is 17.3. The zero-order chi connectivity index (χ0) is 45.6. The number of hydrogen-bond donors (Lipinski definition) is 2. The van der Waals surface area contributed by atoms with Gasteiger partial charge in [0.05, 0.1) is 35.0 Å². The van der Waals surface area contributed by atoms with Crippen LogP contribution >= 0.6 is 0 Å². The number of aromatic nitrogens is 1. The number of rotatable bonds is 12. The number of nitrogens with one attached hydrogen (secondary N) is 2. The zero-order valence-electron chi connectivity index (χ0n) is 37.1. The summed E-state index contributed by atoms with van der Waals surface area (Å²) >= 11 is 0. The number of nitrogens with zero attached hydrogens (tertiary/aromatic N) is 6. The van der Waals surface area contributed by atoms with Crippen LogP contribution in [-0.4, -0.2) is 124 Å². The van der Waals surface area contributed by atoms with Gasteiger partial charge in [0, 0.05) is 88.2 Å². The number of imide groups is 1. The molecule has 1 saturated carbocycles. The van der Waals surface area contributed by atoms with Gasteiger partial charge in [0.1, 0.15) is 36.3 Å². The highest BCUT2D eigenvalue weighted by Gasteiger charge is 2.42. The van der Waals surface area contributed by atoms with E-state index in [4.69, 9.17) is 10.00 Å². The highest BCUT2D eigenvalue weighted by Crippen LogP contribution is 2.32. The van der Waals surface area contributed by atoms with Crippen LogP contribution in [-0.2, 0) is 9.59 Å². The molecular weight excluding hydrogens is 816 g/mol. The maximum absolute atomic E-state index is 14.4. The Hall–Kier alpha value is -6.24. The number of amides is 3. The Balaban J connectivity index is 0.000000250. The molecule has 1 unspecified atom stereocenters. The lowest BCUT2D eigenvalue weighted by molar-refractivity contribution is -0.124. The van der Waals surface area contributed by atoms with Crippen LogP contribution in [0.2, 0.25) is 0 Å². The highest BCUT2D eigenvalue weighted by atomic mass is 19.1. The predicted octanol–water partition coefficient (Wildman–Crippen LogP) is 6.02. The average molecular weight is 875 g/mol. The van der Waals surface area contributed by atoms with Crippen molar-refractivity contribution in [1.29, 1.82) is 5.26 Å². The number of piperidine rings is 1. The smallest absolute Gasteiger partial charge is 0.262 e. The largest absolute Gasteiger partial charge is 0.496 e. The number of pyridine rings is 1. The van der Waals surface area contributed by atoms with Crippen molar-refractivity contribution in [1.82, 2.24) is 25.4 Å². The van der Waals surface area contributed by atoms with E-state index in [2.05, 4.69) is 43.4 Å². The number of halogens is 1. The second-order valence-corrected chi connectivity index (χ2v) is 16.6. The van der Waals surface area contributed by atoms with Crippen LogP contribution in [0, 0.1) is 23.1 Å². The van der Waals surface area contributed by atoms with Crippen LogP contribution in [0.5, 0.6) is 5.75 Å². The SMILES string of the molecule is CNC(=O)C(CCC=O)N1C(=O)c2ccc(N3CCN(CC4CCN(c5ccc(C=O)cc5F)CC4)CC3)cc2C1=O.CNC1CCCCC1.COc1ccc(C#N)c2ncccc12. The zero-order valence-corrected chi connectivity index (χ0v) is 37.1. The third kappa shape index (κ3) is 11.3. The fourth-order valence-corrected chi connectivity index (χ4v) is 9.07. The number of carbonyl (C=O) groups excluding carboxylic acids is 5. The van der Waals surface area contributed by atoms with E-state index in [1.165, 1.54) is 45.2 Å². The minimum atomic E-state index is -1.03. The first-order valence-electron chi connectivity index (χ1n) is 22.3. The summed E-state index contributed by atoms with van der Waals surface area (Å²) < 4.78 is 19.6. The van der Waals surface area contributed by atoms with E-state index in [0.29, 0.717) is 40.8 Å². The molecule has 14 nitrogen and oxygen atoms in total. The number of likely N-dealkylation sites (N-methyl/N-ethyl adjacent to an activating group) is 1. The van der Waals surface area contributed by atoms with E-state index in [-0.39, 0.29) is 29.8 Å². The minimum Gasteiger partial charge on any atom is -0.496 e. The van der Waals surface area contributed by atoms with Crippen LogP contribution in [0.1, 0.15) is 94.4 Å². The van der Waals surface area contributed by atoms with Gasteiger partial charge < -0.3 is 30.0 Å². The van der Waals surface area contributed by atoms with Crippen LogP contribution in [0.3, 0.4) is 0 Å².